The summed E-state index contributed by atoms with van der Waals surface area (Å²) in [7, 11) is 0. The van der Waals surface area contributed by atoms with Crippen LogP contribution in [0.3, 0.4) is 0 Å². The Hall–Kier alpha value is -0.520. The molecule has 1 heterocycles. The average molecular weight is 294 g/mol. The van der Waals surface area contributed by atoms with Crippen molar-refractivity contribution >= 4 is 5.84 Å². The summed E-state index contributed by atoms with van der Waals surface area (Å²) in [5, 5.41) is 0. The van der Waals surface area contributed by atoms with Gasteiger partial charge >= 0.3 is 0 Å². The third kappa shape index (κ3) is 3.80. The molecule has 0 saturated carbocycles. The van der Waals surface area contributed by atoms with E-state index in [1.807, 2.05) is 13.0 Å². The zero-order chi connectivity index (χ0) is 8.97. The smallest absolute Gasteiger partial charge is 0.239 e. The first-order chi connectivity index (χ1) is 5.74. The van der Waals surface area contributed by atoms with Gasteiger partial charge < -0.3 is 28.4 Å². The molecule has 0 aliphatic rings. The van der Waals surface area contributed by atoms with Crippen molar-refractivity contribution in [2.75, 3.05) is 6.54 Å². The molecule has 0 saturated heterocycles. The van der Waals surface area contributed by atoms with Crippen molar-refractivity contribution in [2.24, 2.45) is 5.73 Å². The van der Waals surface area contributed by atoms with E-state index in [1.54, 1.807) is 12.5 Å². The highest BCUT2D eigenvalue weighted by atomic mass is 127. The summed E-state index contributed by atoms with van der Waals surface area (Å²) in [6, 6.07) is 1.95. The van der Waals surface area contributed by atoms with Gasteiger partial charge in [0, 0.05) is 12.5 Å². The Morgan fingerprint density at radius 3 is 2.69 bits per heavy atom. The Morgan fingerprint density at radius 1 is 1.62 bits per heavy atom. The fourth-order valence-electron chi connectivity index (χ4n) is 1.09. The van der Waals surface area contributed by atoms with Crippen LogP contribution in [0.25, 0.3) is 0 Å². The normalized spacial score (nSPS) is 11.8. The van der Waals surface area contributed by atoms with E-state index in [2.05, 4.69) is 11.5 Å². The van der Waals surface area contributed by atoms with Crippen LogP contribution in [-0.2, 0) is 6.54 Å². The van der Waals surface area contributed by atoms with Crippen molar-refractivity contribution in [1.29, 1.82) is 0 Å². The number of hydrogen-bond donors (Lipinski definition) is 1. The lowest BCUT2D eigenvalue weighted by Crippen LogP contribution is -3.00. The van der Waals surface area contributed by atoms with Crippen LogP contribution >= 0.6 is 0 Å². The van der Waals surface area contributed by atoms with E-state index in [-0.39, 0.29) is 24.0 Å². The van der Waals surface area contributed by atoms with E-state index in [0.29, 0.717) is 0 Å². The second kappa shape index (κ2) is 6.01. The first kappa shape index (κ1) is 12.5. The Balaban J connectivity index is 0.00000144. The second-order valence-electron chi connectivity index (χ2n) is 2.79. The van der Waals surface area contributed by atoms with Gasteiger partial charge in [-0.1, -0.05) is 0 Å². The van der Waals surface area contributed by atoms with E-state index in [1.165, 1.54) is 0 Å². The number of nitrogens with two attached hydrogens (primary N) is 1. The van der Waals surface area contributed by atoms with Gasteiger partial charge in [-0.2, -0.15) is 0 Å². The van der Waals surface area contributed by atoms with Crippen molar-refractivity contribution in [3.63, 3.8) is 0 Å². The predicted octanol–water partition coefficient (Wildman–Crippen LogP) is -1.81. The molecule has 1 aromatic rings. The molecule has 0 aliphatic heterocycles. The van der Waals surface area contributed by atoms with Crippen LogP contribution in [0.5, 0.6) is 0 Å². The topological polar surface area (TPSA) is 42.2 Å². The lowest BCUT2D eigenvalue weighted by molar-refractivity contribution is -0.541. The minimum atomic E-state index is 0. The van der Waals surface area contributed by atoms with E-state index >= 15 is 0 Å². The van der Waals surface area contributed by atoms with Crippen LogP contribution in [0.4, 0.5) is 0 Å². The van der Waals surface area contributed by atoms with Crippen molar-refractivity contribution in [2.45, 2.75) is 20.4 Å². The third-order valence-electron chi connectivity index (χ3n) is 1.83. The molecule has 0 aliphatic carbocycles. The van der Waals surface area contributed by atoms with Crippen LogP contribution in [0, 0.1) is 0 Å². The molecule has 74 valence electrons. The number of rotatable bonds is 3. The predicted molar refractivity (Wildman–Crippen MR) is 48.1 cm³/mol. The molecule has 0 amide bonds. The van der Waals surface area contributed by atoms with E-state index in [0.717, 1.165) is 24.5 Å². The Kier molecular flexibility index (Phi) is 5.77. The maximum Gasteiger partial charge on any atom is 0.239 e. The van der Waals surface area contributed by atoms with Crippen LogP contribution in [0.1, 0.15) is 19.4 Å². The van der Waals surface area contributed by atoms with E-state index in [4.69, 9.17) is 10.2 Å². The number of furan rings is 1. The first-order valence-corrected chi connectivity index (χ1v) is 4.09. The van der Waals surface area contributed by atoms with Gasteiger partial charge in [-0.15, -0.1) is 0 Å². The summed E-state index contributed by atoms with van der Waals surface area (Å²) in [5.74, 6) is 0.846. The largest absolute Gasteiger partial charge is 1.00 e. The maximum atomic E-state index is 5.68. The molecule has 0 bridgehead atoms. The quantitative estimate of drug-likeness (QED) is 0.309. The zero-order valence-electron chi connectivity index (χ0n) is 7.96. The molecule has 2 N–H and O–H groups in total. The highest BCUT2D eigenvalue weighted by Crippen LogP contribution is 2.01. The minimum Gasteiger partial charge on any atom is -1.00 e. The molecule has 13 heavy (non-hydrogen) atoms. The molecular formula is C9H15IN2O. The fraction of sp³-hybridized carbons (Fsp3) is 0.444. The molecule has 1 aromatic heterocycles. The monoisotopic (exact) mass is 294 g/mol. The van der Waals surface area contributed by atoms with Gasteiger partial charge in [0.15, 0.2) is 0 Å². The molecule has 3 nitrogen and oxygen atoms in total. The Bertz CT molecular complexity index is 263. The van der Waals surface area contributed by atoms with E-state index < -0.39 is 0 Å². The van der Waals surface area contributed by atoms with Crippen LogP contribution in [0.2, 0.25) is 0 Å². The number of halogens is 1. The highest BCUT2D eigenvalue weighted by molar-refractivity contribution is 5.72. The lowest BCUT2D eigenvalue weighted by atomic mass is 10.3. The summed E-state index contributed by atoms with van der Waals surface area (Å²) < 4.78 is 7.05. The van der Waals surface area contributed by atoms with Crippen molar-refractivity contribution in [3.05, 3.63) is 24.2 Å². The molecule has 4 heteroatoms. The van der Waals surface area contributed by atoms with Crippen molar-refractivity contribution in [3.8, 4) is 0 Å². The maximum absolute atomic E-state index is 5.68. The summed E-state index contributed by atoms with van der Waals surface area (Å²) >= 11 is 0. The van der Waals surface area contributed by atoms with Gasteiger partial charge in [-0.05, 0) is 13.0 Å². The zero-order valence-corrected chi connectivity index (χ0v) is 10.1. The summed E-state index contributed by atoms with van der Waals surface area (Å²) in [6.07, 6.45) is 3.42. The minimum absolute atomic E-state index is 0. The average Bonchev–Trinajstić information content (AvgIpc) is 2.51. The first-order valence-electron chi connectivity index (χ1n) is 4.09. The summed E-state index contributed by atoms with van der Waals surface area (Å²) in [4.78, 5) is 0. The fourth-order valence-corrected chi connectivity index (χ4v) is 1.09. The SMILES string of the molecule is CC[N+](Cc1ccoc1)=C(C)N.[I-]. The van der Waals surface area contributed by atoms with Crippen LogP contribution in [0.15, 0.2) is 23.0 Å². The lowest BCUT2D eigenvalue weighted by Gasteiger charge is -2.02. The number of nitrogens with zero attached hydrogens (tertiary/aromatic N) is 1. The van der Waals surface area contributed by atoms with Crippen molar-refractivity contribution in [1.82, 2.24) is 0 Å². The Labute approximate surface area is 95.6 Å². The van der Waals surface area contributed by atoms with E-state index in [9.17, 15) is 0 Å². The van der Waals surface area contributed by atoms with Gasteiger partial charge in [0.2, 0.25) is 5.84 Å². The molecule has 0 spiro atoms. The number of hydrogen-bond acceptors (Lipinski definition) is 1. The van der Waals surface area contributed by atoms with Crippen LogP contribution < -0.4 is 29.7 Å². The molecular weight excluding hydrogens is 279 g/mol. The molecule has 1 rings (SSSR count). The summed E-state index contributed by atoms with van der Waals surface area (Å²) in [6.45, 7) is 5.74. The summed E-state index contributed by atoms with van der Waals surface area (Å²) in [5.41, 5.74) is 6.83. The molecule has 0 fully saturated rings. The Morgan fingerprint density at radius 2 is 2.31 bits per heavy atom. The van der Waals surface area contributed by atoms with Crippen LogP contribution in [-0.4, -0.2) is 17.0 Å². The number of amidine groups is 1. The second-order valence-corrected chi connectivity index (χ2v) is 2.79. The van der Waals surface area contributed by atoms with Gasteiger partial charge in [-0.3, -0.25) is 10.3 Å². The molecule has 0 radical (unpaired) electrons. The third-order valence-corrected chi connectivity index (χ3v) is 1.83. The van der Waals surface area contributed by atoms with Gasteiger partial charge in [0.1, 0.15) is 6.54 Å². The van der Waals surface area contributed by atoms with Gasteiger partial charge in [0.05, 0.1) is 19.1 Å². The molecule has 0 atom stereocenters. The van der Waals surface area contributed by atoms with Gasteiger partial charge in [-0.25, -0.2) is 0 Å². The van der Waals surface area contributed by atoms with Crippen molar-refractivity contribution < 1.29 is 33.0 Å². The van der Waals surface area contributed by atoms with Gasteiger partial charge in [0.25, 0.3) is 0 Å². The standard InChI is InChI=1S/C9H14N2O.HI/c1-3-11(8(2)10)6-9-4-5-12-7-9;/h4-5,7,10H,3,6H2,1-2H3;1H. The highest BCUT2D eigenvalue weighted by Gasteiger charge is 2.03. The molecule has 0 unspecified atom stereocenters. The molecule has 0 aromatic carbocycles.